The molecular formula is C29H25ClN8O. The summed E-state index contributed by atoms with van der Waals surface area (Å²) < 4.78 is 3.51. The lowest BCUT2D eigenvalue weighted by Crippen LogP contribution is -2.26. The van der Waals surface area contributed by atoms with Crippen molar-refractivity contribution in [3.8, 4) is 28.1 Å². The fourth-order valence-electron chi connectivity index (χ4n) is 6.42. The molecule has 9 nitrogen and oxygen atoms in total. The summed E-state index contributed by atoms with van der Waals surface area (Å²) in [6, 6.07) is 16.3. The molecule has 1 fully saturated rings. The number of aryl methyl sites for hydroxylation is 1. The van der Waals surface area contributed by atoms with Crippen LogP contribution in [-0.4, -0.2) is 40.8 Å². The number of fused-ring (bicyclic) bond motifs is 4. The van der Waals surface area contributed by atoms with E-state index in [0.717, 1.165) is 58.9 Å². The largest absolute Gasteiger partial charge is 0.382 e. The molecule has 10 heteroatoms. The van der Waals surface area contributed by atoms with Crippen LogP contribution in [0.25, 0.3) is 28.1 Å². The van der Waals surface area contributed by atoms with Crippen LogP contribution in [0.2, 0.25) is 5.02 Å². The van der Waals surface area contributed by atoms with Crippen LogP contribution in [0.5, 0.6) is 0 Å². The number of halogens is 1. The van der Waals surface area contributed by atoms with Gasteiger partial charge in [0.1, 0.15) is 12.2 Å². The zero-order valence-electron chi connectivity index (χ0n) is 21.2. The molecule has 0 radical (unpaired) electrons. The second-order valence-corrected chi connectivity index (χ2v) is 11.3. The van der Waals surface area contributed by atoms with Crippen molar-refractivity contribution in [2.24, 2.45) is 5.92 Å². The van der Waals surface area contributed by atoms with Gasteiger partial charge in [0, 0.05) is 40.0 Å². The summed E-state index contributed by atoms with van der Waals surface area (Å²) >= 11 is 6.36. The summed E-state index contributed by atoms with van der Waals surface area (Å²) in [7, 11) is 0. The smallest absolute Gasteiger partial charge is 0.252 e. The molecule has 5 aromatic rings. The Bertz CT molecular complexity index is 1810. The lowest BCUT2D eigenvalue weighted by molar-refractivity contribution is 0.515. The molecule has 3 aliphatic rings. The number of aromatic amines is 1. The fraction of sp³-hybridized carbons (Fsp3) is 0.276. The third-order valence-electron chi connectivity index (χ3n) is 8.41. The molecular weight excluding hydrogens is 512 g/mol. The number of aromatic nitrogens is 7. The number of pyridine rings is 1. The molecule has 0 saturated heterocycles. The molecule has 0 spiro atoms. The number of benzene rings is 2. The molecule has 2 aromatic carbocycles. The minimum atomic E-state index is -0.0983. The summed E-state index contributed by atoms with van der Waals surface area (Å²) in [6.45, 7) is 2.22. The Morgan fingerprint density at radius 3 is 2.87 bits per heavy atom. The van der Waals surface area contributed by atoms with Gasteiger partial charge in [0.05, 0.1) is 23.6 Å². The molecule has 4 atom stereocenters. The van der Waals surface area contributed by atoms with E-state index >= 15 is 0 Å². The number of hydrogen-bond acceptors (Lipinski definition) is 6. The Labute approximate surface area is 228 Å². The van der Waals surface area contributed by atoms with Gasteiger partial charge in [-0.3, -0.25) is 4.79 Å². The molecule has 0 bridgehead atoms. The normalized spacial score (nSPS) is 22.6. The van der Waals surface area contributed by atoms with Crippen LogP contribution >= 0.6 is 11.6 Å². The van der Waals surface area contributed by atoms with Gasteiger partial charge in [-0.2, -0.15) is 4.68 Å². The molecule has 5 heterocycles. The topological polar surface area (TPSA) is 106 Å². The Balaban J connectivity index is 1.16. The number of nitrogens with one attached hydrogen (secondary N) is 2. The van der Waals surface area contributed by atoms with Gasteiger partial charge >= 0.3 is 0 Å². The minimum Gasteiger partial charge on any atom is -0.382 e. The number of hydrogen-bond donors (Lipinski definition) is 2. The van der Waals surface area contributed by atoms with Gasteiger partial charge in [-0.1, -0.05) is 17.7 Å². The van der Waals surface area contributed by atoms with Gasteiger partial charge in [0.2, 0.25) is 0 Å². The fourth-order valence-corrected chi connectivity index (χ4v) is 6.59. The molecule has 2 aliphatic heterocycles. The Kier molecular flexibility index (Phi) is 4.88. The average Bonchev–Trinajstić information content (AvgIpc) is 3.28. The molecule has 8 rings (SSSR count). The second-order valence-electron chi connectivity index (χ2n) is 10.9. The first-order chi connectivity index (χ1) is 19.0. The van der Waals surface area contributed by atoms with Crippen molar-refractivity contribution < 1.29 is 0 Å². The number of imidazole rings is 1. The van der Waals surface area contributed by atoms with Crippen LogP contribution in [-0.2, 0) is 6.42 Å². The molecule has 4 unspecified atom stereocenters. The Morgan fingerprint density at radius 1 is 1.08 bits per heavy atom. The van der Waals surface area contributed by atoms with E-state index in [-0.39, 0.29) is 11.6 Å². The molecule has 39 heavy (non-hydrogen) atoms. The van der Waals surface area contributed by atoms with Crippen LogP contribution in [0.4, 0.5) is 5.69 Å². The van der Waals surface area contributed by atoms with Crippen molar-refractivity contribution in [3.63, 3.8) is 0 Å². The van der Waals surface area contributed by atoms with Crippen LogP contribution in [0.15, 0.2) is 65.8 Å². The number of nitrogens with zero attached hydrogens (tertiary/aromatic N) is 6. The lowest BCUT2D eigenvalue weighted by atomic mass is 9.96. The summed E-state index contributed by atoms with van der Waals surface area (Å²) in [5.74, 6) is 1.54. The van der Waals surface area contributed by atoms with Crippen LogP contribution in [0.1, 0.15) is 48.8 Å². The third-order valence-corrected chi connectivity index (χ3v) is 8.64. The highest BCUT2D eigenvalue weighted by molar-refractivity contribution is 6.31. The Morgan fingerprint density at radius 2 is 2.00 bits per heavy atom. The predicted molar refractivity (Wildman–Crippen MR) is 148 cm³/mol. The minimum absolute atomic E-state index is 0.0470. The van der Waals surface area contributed by atoms with Crippen LogP contribution in [0, 0.1) is 5.92 Å². The molecule has 1 aliphatic carbocycles. The van der Waals surface area contributed by atoms with Crippen LogP contribution in [0.3, 0.4) is 0 Å². The molecule has 3 aromatic heterocycles. The van der Waals surface area contributed by atoms with E-state index in [1.54, 1.807) is 16.8 Å². The highest BCUT2D eigenvalue weighted by atomic mass is 35.5. The first kappa shape index (κ1) is 22.7. The number of anilines is 1. The zero-order chi connectivity index (χ0) is 26.2. The van der Waals surface area contributed by atoms with E-state index in [0.29, 0.717) is 22.9 Å². The first-order valence-electron chi connectivity index (χ1n) is 13.3. The van der Waals surface area contributed by atoms with Gasteiger partial charge in [-0.25, -0.2) is 4.98 Å². The van der Waals surface area contributed by atoms with Gasteiger partial charge in [-0.05, 0) is 95.6 Å². The van der Waals surface area contributed by atoms with E-state index in [9.17, 15) is 4.79 Å². The molecule has 194 valence electrons. The first-order valence-corrected chi connectivity index (χ1v) is 13.7. The van der Waals surface area contributed by atoms with Crippen molar-refractivity contribution in [1.29, 1.82) is 0 Å². The summed E-state index contributed by atoms with van der Waals surface area (Å²) in [6.07, 6.45) is 6.67. The monoisotopic (exact) mass is 536 g/mol. The predicted octanol–water partition coefficient (Wildman–Crippen LogP) is 4.99. The van der Waals surface area contributed by atoms with Gasteiger partial charge in [-0.15, -0.1) is 5.10 Å². The number of tetrazole rings is 1. The maximum absolute atomic E-state index is 13.6. The third kappa shape index (κ3) is 3.64. The van der Waals surface area contributed by atoms with Gasteiger partial charge < -0.3 is 14.9 Å². The zero-order valence-corrected chi connectivity index (χ0v) is 21.9. The summed E-state index contributed by atoms with van der Waals surface area (Å²) in [5, 5.41) is 15.7. The van der Waals surface area contributed by atoms with E-state index in [1.165, 1.54) is 17.6 Å². The van der Waals surface area contributed by atoms with Crippen LogP contribution < -0.4 is 10.9 Å². The highest BCUT2D eigenvalue weighted by Gasteiger charge is 2.54. The van der Waals surface area contributed by atoms with E-state index in [1.807, 2.05) is 22.9 Å². The van der Waals surface area contributed by atoms with Gasteiger partial charge in [0.15, 0.2) is 0 Å². The Hall–Kier alpha value is -4.24. The molecule has 2 N–H and O–H groups in total. The lowest BCUT2D eigenvalue weighted by Gasteiger charge is -2.24. The maximum Gasteiger partial charge on any atom is 0.252 e. The maximum atomic E-state index is 13.6. The second kappa shape index (κ2) is 8.38. The van der Waals surface area contributed by atoms with Gasteiger partial charge in [0.25, 0.3) is 5.56 Å². The summed E-state index contributed by atoms with van der Waals surface area (Å²) in [5.41, 5.74) is 8.03. The molecule has 1 saturated carbocycles. The van der Waals surface area contributed by atoms with E-state index in [4.69, 9.17) is 16.6 Å². The van der Waals surface area contributed by atoms with Crippen molar-refractivity contribution in [1.82, 2.24) is 34.7 Å². The van der Waals surface area contributed by atoms with E-state index in [2.05, 4.69) is 57.0 Å². The van der Waals surface area contributed by atoms with Crippen molar-refractivity contribution in [2.75, 3.05) is 5.32 Å². The van der Waals surface area contributed by atoms with Crippen molar-refractivity contribution in [3.05, 3.63) is 93.5 Å². The molecule has 0 amide bonds. The average molecular weight is 537 g/mol. The highest BCUT2D eigenvalue weighted by Crippen LogP contribution is 2.60. The van der Waals surface area contributed by atoms with Crippen molar-refractivity contribution in [2.45, 2.75) is 44.2 Å². The number of rotatable bonds is 4. The quantitative estimate of drug-likeness (QED) is 0.335. The SMILES string of the molecule is CC1CCc2cc(-c3cnc(C4C5CC5c5cc(-c6cc(Cl)ccc6-n6cnnn6)cc(=O)n54)[nH]3)ccc2N1. The number of H-pyrrole nitrogens is 1. The summed E-state index contributed by atoms with van der Waals surface area (Å²) in [4.78, 5) is 22.0. The van der Waals surface area contributed by atoms with E-state index < -0.39 is 0 Å². The standard InChI is InChI=1S/C29H25ClN8O/c1-15-2-3-16-8-17(4-6-23(16)33-15)24-13-31-29(34-24)28-22-12-21(22)26-9-18(10-27(39)38(26)28)20-11-19(30)5-7-25(20)37-14-32-35-36-37/h4-11,13-15,21-22,28,33H,2-3,12H2,1H3,(H,31,34). The van der Waals surface area contributed by atoms with Crippen molar-refractivity contribution >= 4 is 17.3 Å².